The third kappa shape index (κ3) is 5.51. The van der Waals surface area contributed by atoms with E-state index in [1.54, 1.807) is 6.07 Å². The first-order chi connectivity index (χ1) is 24.3. The summed E-state index contributed by atoms with van der Waals surface area (Å²) >= 11 is 0. The Morgan fingerprint density at radius 2 is 1.31 bits per heavy atom. The van der Waals surface area contributed by atoms with Crippen LogP contribution in [0, 0.1) is 13.0 Å². The van der Waals surface area contributed by atoms with Crippen LogP contribution >= 0.6 is 0 Å². The minimum atomic E-state index is -0.118. The van der Waals surface area contributed by atoms with Gasteiger partial charge in [-0.2, -0.15) is 0 Å². The van der Waals surface area contributed by atoms with Crippen LogP contribution in [0.4, 0.5) is 0 Å². The van der Waals surface area contributed by atoms with E-state index in [-0.39, 0.29) is 32.2 Å². The molecule has 0 saturated heterocycles. The summed E-state index contributed by atoms with van der Waals surface area (Å²) in [6.45, 7) is 6.73. The summed E-state index contributed by atoms with van der Waals surface area (Å²) in [4.78, 5) is 10.3. The van der Waals surface area contributed by atoms with Crippen molar-refractivity contribution in [3.8, 4) is 73.0 Å². The maximum atomic E-state index is 10.8. The molecule has 5 heteroatoms. The average Bonchev–Trinajstić information content (AvgIpc) is 3.64. The van der Waals surface area contributed by atoms with Gasteiger partial charge in [-0.05, 0) is 82.3 Å². The number of para-hydroxylation sites is 1. The number of aromatic nitrogens is 3. The van der Waals surface area contributed by atoms with Crippen molar-refractivity contribution in [3.63, 3.8) is 0 Å². The Balaban J connectivity index is 0.00000374. The molecule has 3 aromatic heterocycles. The van der Waals surface area contributed by atoms with E-state index in [9.17, 15) is 5.11 Å². The second kappa shape index (κ2) is 12.6. The van der Waals surface area contributed by atoms with Crippen molar-refractivity contribution < 1.29 is 26.2 Å². The van der Waals surface area contributed by atoms with Crippen LogP contribution in [0.5, 0.6) is 5.75 Å². The summed E-state index contributed by atoms with van der Waals surface area (Å²) in [7, 11) is 0. The monoisotopic (exact) mass is 839 g/mol. The molecule has 0 amide bonds. The molecule has 0 fully saturated rings. The van der Waals surface area contributed by atoms with Gasteiger partial charge < -0.3 is 9.51 Å². The number of fused-ring (bicyclic) bond motifs is 4. The van der Waals surface area contributed by atoms with Gasteiger partial charge in [0.1, 0.15) is 11.4 Å². The number of hydrogen-bond donors (Lipinski definition) is 1. The Labute approximate surface area is 312 Å². The summed E-state index contributed by atoms with van der Waals surface area (Å²) in [5.74, 6) is 0.194. The summed E-state index contributed by atoms with van der Waals surface area (Å²) < 4.78 is 2.18. The molecule has 4 nitrogen and oxygen atoms in total. The first-order valence-electron chi connectivity index (χ1n) is 17.0. The van der Waals surface area contributed by atoms with Gasteiger partial charge in [-0.3, -0.25) is 9.97 Å². The Kier molecular flexibility index (Phi) is 8.08. The quantitative estimate of drug-likeness (QED) is 0.176. The molecule has 0 bridgehead atoms. The van der Waals surface area contributed by atoms with E-state index in [1.165, 1.54) is 27.8 Å². The average molecular weight is 840 g/mol. The fraction of sp³-hybridized carbons (Fsp3) is 0.0870. The van der Waals surface area contributed by atoms with E-state index in [0.29, 0.717) is 11.3 Å². The zero-order valence-electron chi connectivity index (χ0n) is 28.5. The molecule has 250 valence electrons. The third-order valence-electron chi connectivity index (χ3n) is 10.1. The molecule has 1 N–H and O–H groups in total. The number of aromatic hydroxyl groups is 1. The van der Waals surface area contributed by atoms with E-state index >= 15 is 0 Å². The molecule has 0 unspecified atom stereocenters. The van der Waals surface area contributed by atoms with Crippen LogP contribution in [0.15, 0.2) is 146 Å². The van der Waals surface area contributed by atoms with E-state index in [1.807, 2.05) is 36.4 Å². The van der Waals surface area contributed by atoms with Crippen LogP contribution in [0.1, 0.15) is 30.5 Å². The molecule has 3 heterocycles. The number of nitrogens with zero attached hydrogens (tertiary/aromatic N) is 3. The first kappa shape index (κ1) is 32.6. The largest absolute Gasteiger partial charge is 0.507 e. The maximum Gasteiger partial charge on any atom is 0.129 e. The van der Waals surface area contributed by atoms with Crippen LogP contribution in [0.3, 0.4) is 0 Å². The SMILES string of the molecule is Cc1cccc(-c2cc(-c3[c-]c(-c4nc5ccccn5c4-c4ccc5c(c4)C(C)(C)c4ccccc4-5)ccc3)nc(-c3ccccc3O)c2)c1.[Pt]. The smallest absolute Gasteiger partial charge is 0.129 e. The van der Waals surface area contributed by atoms with Gasteiger partial charge in [-0.25, -0.2) is 0 Å². The van der Waals surface area contributed by atoms with Crippen molar-refractivity contribution in [1.29, 1.82) is 0 Å². The van der Waals surface area contributed by atoms with Gasteiger partial charge in [0.25, 0.3) is 0 Å². The van der Waals surface area contributed by atoms with E-state index in [4.69, 9.17) is 9.97 Å². The summed E-state index contributed by atoms with van der Waals surface area (Å²) in [6.07, 6.45) is 2.09. The van der Waals surface area contributed by atoms with Crippen LogP contribution in [0.2, 0.25) is 0 Å². The number of pyridine rings is 2. The van der Waals surface area contributed by atoms with Crippen molar-refractivity contribution in [1.82, 2.24) is 14.4 Å². The maximum absolute atomic E-state index is 10.8. The van der Waals surface area contributed by atoms with Gasteiger partial charge in [0.15, 0.2) is 0 Å². The summed E-state index contributed by atoms with van der Waals surface area (Å²) in [5, 5.41) is 10.8. The Bertz CT molecular complexity index is 2620. The van der Waals surface area contributed by atoms with Crippen LogP contribution < -0.4 is 0 Å². The van der Waals surface area contributed by atoms with Crippen molar-refractivity contribution in [3.05, 3.63) is 168 Å². The van der Waals surface area contributed by atoms with Crippen molar-refractivity contribution in [2.24, 2.45) is 0 Å². The molecule has 1 aliphatic rings. The molecule has 51 heavy (non-hydrogen) atoms. The van der Waals surface area contributed by atoms with Crippen molar-refractivity contribution >= 4 is 5.65 Å². The van der Waals surface area contributed by atoms with Gasteiger partial charge in [-0.1, -0.05) is 115 Å². The van der Waals surface area contributed by atoms with E-state index in [0.717, 1.165) is 50.5 Å². The van der Waals surface area contributed by atoms with Gasteiger partial charge in [0.2, 0.25) is 0 Å². The number of phenolic OH excluding ortho intramolecular Hbond substituents is 1. The number of phenols is 1. The van der Waals surface area contributed by atoms with Gasteiger partial charge in [0.05, 0.1) is 5.69 Å². The number of benzene rings is 5. The summed E-state index contributed by atoms with van der Waals surface area (Å²) in [5.41, 5.74) is 16.2. The molecule has 0 radical (unpaired) electrons. The Morgan fingerprint density at radius 3 is 2.16 bits per heavy atom. The molecule has 0 spiro atoms. The van der Waals surface area contributed by atoms with Gasteiger partial charge in [0, 0.05) is 55.3 Å². The Hall–Kier alpha value is -5.57. The normalized spacial score (nSPS) is 12.7. The zero-order valence-corrected chi connectivity index (χ0v) is 30.7. The molecular formula is C46H34N3OPt-. The van der Waals surface area contributed by atoms with Crippen LogP contribution in [0.25, 0.3) is 72.9 Å². The molecule has 5 aromatic carbocycles. The second-order valence-electron chi connectivity index (χ2n) is 13.7. The van der Waals surface area contributed by atoms with Crippen molar-refractivity contribution in [2.75, 3.05) is 0 Å². The van der Waals surface area contributed by atoms with Crippen LogP contribution in [-0.2, 0) is 26.5 Å². The molecule has 8 aromatic rings. The predicted molar refractivity (Wildman–Crippen MR) is 203 cm³/mol. The number of hydrogen-bond acceptors (Lipinski definition) is 3. The third-order valence-corrected chi connectivity index (χ3v) is 10.1. The molecule has 9 rings (SSSR count). The van der Waals surface area contributed by atoms with Gasteiger partial charge >= 0.3 is 0 Å². The van der Waals surface area contributed by atoms with Gasteiger partial charge in [-0.15, -0.1) is 24.3 Å². The minimum absolute atomic E-state index is 0. The van der Waals surface area contributed by atoms with E-state index < -0.39 is 0 Å². The van der Waals surface area contributed by atoms with Crippen LogP contribution in [-0.4, -0.2) is 19.5 Å². The molecule has 0 aliphatic heterocycles. The second-order valence-corrected chi connectivity index (χ2v) is 13.7. The topological polar surface area (TPSA) is 50.4 Å². The predicted octanol–water partition coefficient (Wildman–Crippen LogP) is 11.2. The number of aryl methyl sites for hydroxylation is 1. The zero-order chi connectivity index (χ0) is 34.0. The molecule has 1 aliphatic carbocycles. The molecule has 0 atom stereocenters. The first-order valence-corrected chi connectivity index (χ1v) is 17.0. The Morgan fingerprint density at radius 1 is 0.588 bits per heavy atom. The van der Waals surface area contributed by atoms with E-state index in [2.05, 4.69) is 134 Å². The fourth-order valence-electron chi connectivity index (χ4n) is 7.56. The summed E-state index contributed by atoms with van der Waals surface area (Å²) in [6, 6.07) is 51.6. The standard InChI is InChI=1S/C46H34N3O.Pt/c1-29-12-10-13-30(24-29)34-27-40(47-41(28-34)37-17-5-7-19-42(37)50)31-14-11-15-32(25-31)44-45(49-23-9-8-20-43(49)48-44)33-21-22-36-35-16-4-6-18-38(35)46(2,3)39(36)26-33;/h4-24,26-28,50H,1-3H3;/q-1;. The number of rotatable bonds is 5. The fourth-order valence-corrected chi connectivity index (χ4v) is 7.56. The molecular weight excluding hydrogens is 806 g/mol. The minimum Gasteiger partial charge on any atom is -0.507 e. The van der Waals surface area contributed by atoms with Crippen molar-refractivity contribution in [2.45, 2.75) is 26.2 Å². The number of imidazole rings is 1. The molecule has 0 saturated carbocycles.